The van der Waals surface area contributed by atoms with Crippen molar-refractivity contribution in [3.63, 3.8) is 0 Å². The molecule has 0 unspecified atom stereocenters. The quantitative estimate of drug-likeness (QED) is 0.151. The van der Waals surface area contributed by atoms with Gasteiger partial charge in [0.1, 0.15) is 0 Å². The van der Waals surface area contributed by atoms with Gasteiger partial charge in [0, 0.05) is 59.9 Å². The molecule has 0 aliphatic carbocycles. The van der Waals surface area contributed by atoms with Gasteiger partial charge in [-0.3, -0.25) is 20.2 Å². The van der Waals surface area contributed by atoms with E-state index in [1.165, 1.54) is 38.5 Å². The number of carbonyl (C=O) groups excluding carboxylic acids is 2. The number of hydrogen-bond donors (Lipinski definition) is 2. The first-order valence-electron chi connectivity index (χ1n) is 17.3. The minimum absolute atomic E-state index is 0.0279. The van der Waals surface area contributed by atoms with E-state index in [4.69, 9.17) is 29.4 Å². The number of ether oxygens (including phenoxy) is 2. The summed E-state index contributed by atoms with van der Waals surface area (Å²) in [5.74, 6) is -1.31. The van der Waals surface area contributed by atoms with Crippen molar-refractivity contribution in [1.29, 1.82) is 0 Å². The number of hydrogen-bond acceptors (Lipinski definition) is 12. The first-order valence-corrected chi connectivity index (χ1v) is 17.3. The Labute approximate surface area is 310 Å². The highest BCUT2D eigenvalue weighted by Gasteiger charge is 2.35. The average Bonchev–Trinajstić information content (AvgIpc) is 3.18. The Morgan fingerprint density at radius 2 is 0.833 bits per heavy atom. The highest BCUT2D eigenvalue weighted by molar-refractivity contribution is 5.91. The van der Waals surface area contributed by atoms with Gasteiger partial charge < -0.3 is 9.47 Å². The molecule has 14 bridgehead atoms. The highest BCUT2D eigenvalue weighted by Crippen LogP contribution is 2.25. The lowest BCUT2D eigenvalue weighted by Gasteiger charge is -2.22. The van der Waals surface area contributed by atoms with Crippen LogP contribution in [0.4, 0.5) is 0 Å². The largest absolute Gasteiger partial charge is 0.465 e. The summed E-state index contributed by atoms with van der Waals surface area (Å²) in [5.41, 5.74) is 6.60. The van der Waals surface area contributed by atoms with Crippen LogP contribution in [0.15, 0.2) is 97.1 Å². The molecule has 54 heavy (non-hydrogen) atoms. The van der Waals surface area contributed by atoms with Crippen LogP contribution in [-0.2, 0) is 48.7 Å². The maximum absolute atomic E-state index is 13.1. The molecule has 9 rings (SSSR count). The molecule has 0 atom stereocenters. The predicted octanol–water partition coefficient (Wildman–Crippen LogP) is 3.92. The summed E-state index contributed by atoms with van der Waals surface area (Å²) in [6, 6.07) is 29.0. The molecule has 0 amide bonds. The second kappa shape index (κ2) is 14.4. The molecule has 6 aromatic rings. The molecule has 0 aromatic carbocycles. The Bertz CT molecular complexity index is 2180. The Kier molecular flexibility index (Phi) is 9.19. The fourth-order valence-corrected chi connectivity index (χ4v) is 6.90. The fourth-order valence-electron chi connectivity index (χ4n) is 6.90. The van der Waals surface area contributed by atoms with Gasteiger partial charge in [0.05, 0.1) is 84.0 Å². The molecular formula is C40H36N8O6+2. The SMILES string of the molecule is COC(=O)c1cc2[n+](O)c(c1)-c1cc(C(=O)OC)cc([n+]1O)CN1Cc3cccc(n3)-c3cccc(n3)CN(Cc3cccc(n3)-c3cccc(n3)C1)C2. The van der Waals surface area contributed by atoms with E-state index < -0.39 is 11.9 Å². The van der Waals surface area contributed by atoms with Crippen LogP contribution in [0.3, 0.4) is 0 Å². The number of nitrogens with zero attached hydrogens (tertiary/aromatic N) is 8. The Hall–Kier alpha value is -6.64. The van der Waals surface area contributed by atoms with Crippen LogP contribution in [-0.4, -0.2) is 66.3 Å². The number of aromatic nitrogens is 6. The van der Waals surface area contributed by atoms with Gasteiger partial charge in [-0.2, -0.15) is 0 Å². The van der Waals surface area contributed by atoms with Crippen molar-refractivity contribution in [1.82, 2.24) is 29.7 Å². The van der Waals surface area contributed by atoms with Crippen molar-refractivity contribution >= 4 is 11.9 Å². The molecule has 0 radical (unpaired) electrons. The minimum atomic E-state index is -0.653. The van der Waals surface area contributed by atoms with Crippen LogP contribution in [0.1, 0.15) is 54.9 Å². The normalized spacial score (nSPS) is 16.2. The second-order valence-electron chi connectivity index (χ2n) is 13.2. The van der Waals surface area contributed by atoms with E-state index in [0.29, 0.717) is 49.0 Å². The highest BCUT2D eigenvalue weighted by atomic mass is 16.5. The van der Waals surface area contributed by atoms with Crippen molar-refractivity contribution in [2.75, 3.05) is 14.2 Å². The van der Waals surface area contributed by atoms with Crippen LogP contribution < -0.4 is 9.46 Å². The average molecular weight is 725 g/mol. The molecular weight excluding hydrogens is 688 g/mol. The van der Waals surface area contributed by atoms with E-state index in [1.54, 1.807) is 0 Å². The van der Waals surface area contributed by atoms with Crippen LogP contribution in [0.2, 0.25) is 0 Å². The van der Waals surface area contributed by atoms with E-state index in [2.05, 4.69) is 0 Å². The summed E-state index contributed by atoms with van der Waals surface area (Å²) in [4.78, 5) is 50.4. The second-order valence-corrected chi connectivity index (χ2v) is 13.2. The lowest BCUT2D eigenvalue weighted by Crippen LogP contribution is -2.47. The lowest BCUT2D eigenvalue weighted by atomic mass is 10.1. The maximum Gasteiger partial charge on any atom is 0.338 e. The van der Waals surface area contributed by atoms with Gasteiger partial charge in [-0.1, -0.05) is 24.3 Å². The maximum atomic E-state index is 13.1. The van der Waals surface area contributed by atoms with Gasteiger partial charge >= 0.3 is 23.3 Å². The predicted molar refractivity (Wildman–Crippen MR) is 190 cm³/mol. The van der Waals surface area contributed by atoms with Crippen molar-refractivity contribution in [3.8, 4) is 34.2 Å². The standard InChI is InChI=1S/C40H36N8O6/c1-53-39(49)25-15-31-23-45-19-27-7-3-11-33(41-27)35-13-5-9-29(43-35)21-46(22-30-10-6-14-36(44-30)34-12-4-8-28(20-45)42-34)24-32-16-26(40(50)54-2)18-38(48(32)52)37(17-25)47(31)51/h3-18,51-52H,19-24H2,1-2H3/q+2. The molecule has 3 aliphatic heterocycles. The Morgan fingerprint density at radius 1 is 0.519 bits per heavy atom. The zero-order chi connectivity index (χ0) is 37.3. The molecule has 0 saturated carbocycles. The summed E-state index contributed by atoms with van der Waals surface area (Å²) in [5, 5.41) is 23.9. The number of methoxy groups -OCH3 is 2. The molecule has 2 N–H and O–H groups in total. The van der Waals surface area contributed by atoms with E-state index in [-0.39, 0.29) is 47.0 Å². The Morgan fingerprint density at radius 3 is 1.13 bits per heavy atom. The van der Waals surface area contributed by atoms with Gasteiger partial charge in [-0.05, 0) is 48.5 Å². The van der Waals surface area contributed by atoms with Gasteiger partial charge in [0.25, 0.3) is 0 Å². The Balaban J connectivity index is 1.43. The van der Waals surface area contributed by atoms with E-state index >= 15 is 0 Å². The smallest absolute Gasteiger partial charge is 0.338 e. The summed E-state index contributed by atoms with van der Waals surface area (Å²) in [7, 11) is 2.54. The van der Waals surface area contributed by atoms with Crippen molar-refractivity contribution in [3.05, 3.63) is 142 Å². The number of pyridine rings is 6. The molecule has 6 aromatic heterocycles. The van der Waals surface area contributed by atoms with Crippen molar-refractivity contribution in [2.24, 2.45) is 0 Å². The van der Waals surface area contributed by atoms with Crippen LogP contribution in [0.25, 0.3) is 34.2 Å². The molecule has 0 spiro atoms. The molecule has 3 aliphatic rings. The summed E-state index contributed by atoms with van der Waals surface area (Å²) in [6.45, 7) is 1.47. The molecule has 9 heterocycles. The van der Waals surface area contributed by atoms with E-state index in [9.17, 15) is 20.0 Å². The minimum Gasteiger partial charge on any atom is -0.465 e. The number of rotatable bonds is 2. The van der Waals surface area contributed by atoms with Crippen molar-refractivity contribution in [2.45, 2.75) is 39.3 Å². The van der Waals surface area contributed by atoms with Crippen molar-refractivity contribution < 1.29 is 38.9 Å². The molecule has 14 nitrogen and oxygen atoms in total. The van der Waals surface area contributed by atoms with Crippen LogP contribution >= 0.6 is 0 Å². The topological polar surface area (TPSA) is 159 Å². The molecule has 14 heteroatoms. The van der Waals surface area contributed by atoms with Crippen LogP contribution in [0, 0.1) is 0 Å². The number of esters is 2. The monoisotopic (exact) mass is 724 g/mol. The first-order chi connectivity index (χ1) is 26.2. The van der Waals surface area contributed by atoms with E-state index in [0.717, 1.165) is 32.2 Å². The molecule has 270 valence electrons. The summed E-state index contributed by atoms with van der Waals surface area (Å²) < 4.78 is 12.0. The third-order valence-corrected chi connectivity index (χ3v) is 9.40. The summed E-state index contributed by atoms with van der Waals surface area (Å²) >= 11 is 0. The number of carbonyl (C=O) groups is 2. The summed E-state index contributed by atoms with van der Waals surface area (Å²) in [6.07, 6.45) is 0. The third kappa shape index (κ3) is 6.95. The zero-order valence-corrected chi connectivity index (χ0v) is 29.6. The molecule has 0 fully saturated rings. The molecule has 0 saturated heterocycles. The lowest BCUT2D eigenvalue weighted by molar-refractivity contribution is -0.924. The van der Waals surface area contributed by atoms with Gasteiger partial charge in [0.15, 0.2) is 0 Å². The van der Waals surface area contributed by atoms with Gasteiger partial charge in [-0.25, -0.2) is 29.5 Å². The van der Waals surface area contributed by atoms with Crippen LogP contribution in [0.5, 0.6) is 0 Å². The first kappa shape index (κ1) is 34.4. The zero-order valence-electron chi connectivity index (χ0n) is 29.6. The van der Waals surface area contributed by atoms with Gasteiger partial charge in [-0.15, -0.1) is 0 Å². The van der Waals surface area contributed by atoms with E-state index in [1.807, 2.05) is 82.6 Å². The van der Waals surface area contributed by atoms with Gasteiger partial charge in [0.2, 0.25) is 11.4 Å². The third-order valence-electron chi connectivity index (χ3n) is 9.40. The fraction of sp³-hybridized carbons (Fsp3) is 0.200.